The molecule has 0 unspecified atom stereocenters. The molecule has 6 heterocycles. The smallest absolute Gasteiger partial charge is 0.356 e. The van der Waals surface area contributed by atoms with Crippen LogP contribution in [0.1, 0.15) is 52.4 Å². The maximum Gasteiger partial charge on any atom is 0.356 e. The van der Waals surface area contributed by atoms with Crippen LogP contribution in [0.2, 0.25) is 15.2 Å². The van der Waals surface area contributed by atoms with Crippen LogP contribution in [-0.4, -0.2) is 110 Å². The topological polar surface area (TPSA) is 559 Å². The Morgan fingerprint density at radius 1 is 0.569 bits per heavy atom. The molecule has 7 aromatic rings. The van der Waals surface area contributed by atoms with E-state index >= 15 is 0 Å². The number of nitrogens with two attached hydrogens (primary N) is 5. The molecule has 6 aromatic heterocycles. The Balaban J connectivity index is 0.000000311. The standard InChI is InChI=1S/C13H8N4O4.C6H3Cl3N2O2.C6H5N3O4.C6H7N3O2.C6H6N2O2.HNO3/c18-13(19)10-5-9-11(6-14-10)16-12(15-9)7-1-3-8(4-2-7)17(20)21;7-1-3(10)2(8)5(9)11-4(1)6(12)13;7-3-1-4(6(10)11)8-2-5(3)9(12)13;7-3-1-5(6(10)11)9-2-4(3)8;7-4-1-2-8-5(3-4)6(9)10;2-1(3)4/h1-6H,(H,15,16)(H,18,19);(H2,10,11)(H,12,13);1-2H,(H2,7,8)(H,10,11);1-2H,8H2,(H2,7,9)(H,10,11);1-3H,(H2,7,8)(H,9,10);(H,2,3,4). The van der Waals surface area contributed by atoms with E-state index in [9.17, 15) is 44.2 Å². The van der Waals surface area contributed by atoms with Gasteiger partial charge in [-0.1, -0.05) is 34.8 Å². The Bertz CT molecular complexity index is 3200. The van der Waals surface area contributed by atoms with Crippen LogP contribution in [-0.2, 0) is 0 Å². The van der Waals surface area contributed by atoms with Crippen molar-refractivity contribution in [2.45, 2.75) is 0 Å². The minimum Gasteiger partial charge on any atom is -0.477 e. The number of nitro groups is 2. The number of non-ortho nitro benzene ring substituents is 1. The van der Waals surface area contributed by atoms with Gasteiger partial charge in [-0.2, -0.15) is 0 Å². The monoisotopic (exact) mass is 1060 g/mol. The second-order valence-corrected chi connectivity index (χ2v) is 13.7. The van der Waals surface area contributed by atoms with Crippen molar-refractivity contribution in [1.29, 1.82) is 0 Å². The van der Waals surface area contributed by atoms with Gasteiger partial charge in [0.2, 0.25) is 0 Å². The van der Waals surface area contributed by atoms with E-state index in [1.54, 1.807) is 12.1 Å². The summed E-state index contributed by atoms with van der Waals surface area (Å²) in [6.07, 6.45) is 4.79. The van der Waals surface area contributed by atoms with Crippen molar-refractivity contribution in [3.63, 3.8) is 0 Å². The quantitative estimate of drug-likeness (QED) is 0.0553. The van der Waals surface area contributed by atoms with E-state index in [-0.39, 0.29) is 66.4 Å². The predicted octanol–water partition coefficient (Wildman–Crippen LogP) is 4.78. The van der Waals surface area contributed by atoms with Crippen LogP contribution in [0.3, 0.4) is 0 Å². The van der Waals surface area contributed by atoms with Gasteiger partial charge in [0.05, 0.1) is 55.4 Å². The highest BCUT2D eigenvalue weighted by atomic mass is 35.5. The van der Waals surface area contributed by atoms with Gasteiger partial charge >= 0.3 is 35.5 Å². The number of hydrogen-bond acceptors (Lipinski definition) is 22. The number of nitrogen functional groups attached to an aromatic ring is 5. The van der Waals surface area contributed by atoms with E-state index in [1.165, 1.54) is 55.0 Å². The number of aromatic nitrogens is 7. The van der Waals surface area contributed by atoms with Crippen molar-refractivity contribution in [1.82, 2.24) is 34.9 Å². The van der Waals surface area contributed by atoms with Crippen molar-refractivity contribution in [2.75, 3.05) is 28.7 Å². The third-order valence-electron chi connectivity index (χ3n) is 7.73. The fraction of sp³-hybridized carbons (Fsp3) is 0. The van der Waals surface area contributed by atoms with Crippen LogP contribution in [0, 0.1) is 30.3 Å². The van der Waals surface area contributed by atoms with Crippen LogP contribution >= 0.6 is 34.8 Å². The fourth-order valence-electron chi connectivity index (χ4n) is 4.47. The molecule has 0 aliphatic heterocycles. The van der Waals surface area contributed by atoms with Crippen LogP contribution in [0.25, 0.3) is 22.4 Å². The van der Waals surface area contributed by atoms with Crippen molar-refractivity contribution < 1.29 is 69.6 Å². The second kappa shape index (κ2) is 26.3. The van der Waals surface area contributed by atoms with Crippen LogP contribution < -0.4 is 28.7 Å². The Labute approximate surface area is 412 Å². The molecular formula is C37H30Cl3N15O17. The summed E-state index contributed by atoms with van der Waals surface area (Å²) in [5.74, 6) is -5.40. The molecule has 35 heteroatoms. The lowest BCUT2D eigenvalue weighted by Gasteiger charge is -2.04. The summed E-state index contributed by atoms with van der Waals surface area (Å²) < 4.78 is 0. The first-order valence-electron chi connectivity index (χ1n) is 18.1. The number of carbonyl (C=O) groups is 5. The number of H-pyrrole nitrogens is 1. The van der Waals surface area contributed by atoms with Gasteiger partial charge < -0.3 is 64.4 Å². The average Bonchev–Trinajstić information content (AvgIpc) is 3.75. The van der Waals surface area contributed by atoms with E-state index < -0.39 is 56.2 Å². The van der Waals surface area contributed by atoms with Crippen molar-refractivity contribution >= 4 is 115 Å². The second-order valence-electron chi connectivity index (χ2n) is 12.6. The summed E-state index contributed by atoms with van der Waals surface area (Å²) in [6, 6.07) is 12.3. The number of pyridine rings is 5. The van der Waals surface area contributed by atoms with Gasteiger partial charge in [0.25, 0.3) is 10.8 Å². The zero-order chi connectivity index (χ0) is 54.7. The fourth-order valence-corrected chi connectivity index (χ4v) is 5.06. The predicted molar refractivity (Wildman–Crippen MR) is 250 cm³/mol. The number of benzene rings is 1. The Hall–Kier alpha value is -10.3. The molecular weight excluding hydrogens is 1030 g/mol. The van der Waals surface area contributed by atoms with Gasteiger partial charge in [0.1, 0.15) is 39.8 Å². The number of hydrogen-bond donors (Lipinski definition) is 12. The highest BCUT2D eigenvalue weighted by Crippen LogP contribution is 2.34. The number of halogens is 3. The molecule has 0 atom stereocenters. The Morgan fingerprint density at radius 3 is 1.50 bits per heavy atom. The summed E-state index contributed by atoms with van der Waals surface area (Å²) in [5, 5.41) is 76.8. The first-order chi connectivity index (χ1) is 33.5. The minimum atomic E-state index is -1.50. The minimum absolute atomic E-state index is 0.00955. The number of nitro benzene ring substituents is 1. The van der Waals surface area contributed by atoms with Gasteiger partial charge in [0, 0.05) is 35.6 Å². The molecule has 0 aliphatic carbocycles. The van der Waals surface area contributed by atoms with Gasteiger partial charge in [-0.25, -0.2) is 53.9 Å². The molecule has 32 nitrogen and oxygen atoms in total. The van der Waals surface area contributed by atoms with Gasteiger partial charge in [-0.15, -0.1) is 10.1 Å². The van der Waals surface area contributed by atoms with Gasteiger partial charge in [-0.3, -0.25) is 20.2 Å². The molecule has 0 saturated carbocycles. The van der Waals surface area contributed by atoms with E-state index in [0.29, 0.717) is 28.1 Å². The lowest BCUT2D eigenvalue weighted by molar-refractivity contribution is -0.742. The molecule has 1 aromatic carbocycles. The Morgan fingerprint density at radius 2 is 1.06 bits per heavy atom. The average molecular weight is 1060 g/mol. The lowest BCUT2D eigenvalue weighted by Crippen LogP contribution is -2.04. The largest absolute Gasteiger partial charge is 0.477 e. The third-order valence-corrected chi connectivity index (χ3v) is 8.87. The Kier molecular flexibility index (Phi) is 21.1. The number of carboxylic acid groups (broad SMARTS) is 5. The number of nitrogens with zero attached hydrogens (tertiary/aromatic N) is 9. The first-order valence-corrected chi connectivity index (χ1v) is 19.2. The number of aromatic amines is 1. The molecule has 0 spiro atoms. The molecule has 0 amide bonds. The SMILES string of the molecule is Nc1c(Cl)c(Cl)nc(C(=O)O)c1Cl.Nc1cc(C(=O)O)ncc1[N+](=O)[O-].Nc1ccnc(C(=O)O)c1.Nc1cnc(C(=O)O)cc1N.O=C(O)c1cc2nc(-c3ccc([N+](=O)[O-])cc3)[nH]c2cn1.O=[N+]([O-])O. The molecule has 0 fully saturated rings. The molecule has 7 rings (SSSR count). The van der Waals surface area contributed by atoms with Gasteiger partial charge in [0.15, 0.2) is 16.5 Å². The number of carboxylic acids is 5. The summed E-state index contributed by atoms with van der Waals surface area (Å²) in [6.45, 7) is 0. The van der Waals surface area contributed by atoms with Crippen LogP contribution in [0.4, 0.5) is 39.8 Å². The summed E-state index contributed by atoms with van der Waals surface area (Å²) in [7, 11) is 0. The molecule has 17 N–H and O–H groups in total. The molecule has 376 valence electrons. The zero-order valence-corrected chi connectivity index (χ0v) is 37.5. The summed E-state index contributed by atoms with van der Waals surface area (Å²) in [4.78, 5) is 105. The number of fused-ring (bicyclic) bond motifs is 1. The van der Waals surface area contributed by atoms with E-state index in [1.807, 2.05) is 0 Å². The number of aromatic carboxylic acids is 5. The highest BCUT2D eigenvalue weighted by Gasteiger charge is 2.19. The van der Waals surface area contributed by atoms with E-state index in [2.05, 4.69) is 34.9 Å². The molecule has 72 heavy (non-hydrogen) atoms. The van der Waals surface area contributed by atoms with Crippen molar-refractivity contribution in [3.8, 4) is 11.4 Å². The highest BCUT2D eigenvalue weighted by molar-refractivity contribution is 6.46. The first kappa shape index (κ1) is 57.8. The number of nitrogens with one attached hydrogen (secondary N) is 1. The van der Waals surface area contributed by atoms with Crippen molar-refractivity contribution in [2.24, 2.45) is 0 Å². The van der Waals surface area contributed by atoms with E-state index in [4.69, 9.17) is 104 Å². The van der Waals surface area contributed by atoms with Crippen LogP contribution in [0.15, 0.2) is 79.4 Å². The molecule has 0 saturated heterocycles. The van der Waals surface area contributed by atoms with Crippen molar-refractivity contribution in [3.05, 3.63) is 153 Å². The third kappa shape index (κ3) is 17.4. The normalized spacial score (nSPS) is 9.71. The summed E-state index contributed by atoms with van der Waals surface area (Å²) in [5.41, 5.74) is 27.5. The maximum absolute atomic E-state index is 10.9. The number of anilines is 5. The van der Waals surface area contributed by atoms with E-state index in [0.717, 1.165) is 12.3 Å². The molecule has 0 bridgehead atoms. The molecule has 0 radical (unpaired) electrons. The lowest BCUT2D eigenvalue weighted by atomic mass is 10.2. The van der Waals surface area contributed by atoms with Gasteiger partial charge in [-0.05, 0) is 36.4 Å². The number of rotatable bonds is 8. The molecule has 0 aliphatic rings. The van der Waals surface area contributed by atoms with Crippen LogP contribution in [0.5, 0.6) is 0 Å². The zero-order valence-electron chi connectivity index (χ0n) is 35.2. The summed E-state index contributed by atoms with van der Waals surface area (Å²) >= 11 is 16.6. The maximum atomic E-state index is 10.9. The number of imidazole rings is 1.